The van der Waals surface area contributed by atoms with Crippen LogP contribution in [0.4, 0.5) is 5.69 Å². The Kier molecular flexibility index (Phi) is 3.95. The molecule has 0 spiro atoms. The second kappa shape index (κ2) is 6.76. The summed E-state index contributed by atoms with van der Waals surface area (Å²) in [6.45, 7) is 0. The second-order valence-electron chi connectivity index (χ2n) is 6.55. The molecule has 2 heterocycles. The van der Waals surface area contributed by atoms with E-state index in [9.17, 15) is 9.59 Å². The normalized spacial score (nSPS) is 11.0. The summed E-state index contributed by atoms with van der Waals surface area (Å²) in [6, 6.07) is 25.1. The van der Waals surface area contributed by atoms with Crippen LogP contribution in [0.2, 0.25) is 0 Å². The first-order valence-electron chi connectivity index (χ1n) is 9.08. The topological polar surface area (TPSA) is 77.1 Å². The molecule has 5 aromatic rings. The highest BCUT2D eigenvalue weighted by Gasteiger charge is 2.22. The van der Waals surface area contributed by atoms with E-state index in [4.69, 9.17) is 4.42 Å². The molecule has 0 aliphatic carbocycles. The summed E-state index contributed by atoms with van der Waals surface area (Å²) in [7, 11) is 0. The van der Waals surface area contributed by atoms with Gasteiger partial charge < -0.3 is 4.42 Å². The number of ketones is 1. The van der Waals surface area contributed by atoms with Crippen molar-refractivity contribution in [3.8, 4) is 0 Å². The predicted molar refractivity (Wildman–Crippen MR) is 111 cm³/mol. The molecule has 29 heavy (non-hydrogen) atoms. The van der Waals surface area contributed by atoms with Crippen molar-refractivity contribution in [3.63, 3.8) is 0 Å². The lowest BCUT2D eigenvalue weighted by molar-refractivity contribution is 0.0998. The number of nitrogens with one attached hydrogen (secondary N) is 1. The third kappa shape index (κ3) is 2.96. The van der Waals surface area contributed by atoms with Crippen molar-refractivity contribution in [1.29, 1.82) is 0 Å². The van der Waals surface area contributed by atoms with Crippen LogP contribution in [0.25, 0.3) is 21.9 Å². The molecule has 2 aromatic heterocycles. The number of para-hydroxylation sites is 3. The Balaban J connectivity index is 1.71. The van der Waals surface area contributed by atoms with Gasteiger partial charge in [-0.3, -0.25) is 15.0 Å². The lowest BCUT2D eigenvalue weighted by atomic mass is 10.2. The van der Waals surface area contributed by atoms with Gasteiger partial charge in [0.1, 0.15) is 5.58 Å². The highest BCUT2D eigenvalue weighted by molar-refractivity contribution is 6.07. The summed E-state index contributed by atoms with van der Waals surface area (Å²) in [6.07, 6.45) is 0. The van der Waals surface area contributed by atoms with Crippen LogP contribution >= 0.6 is 0 Å². The highest BCUT2D eigenvalue weighted by atomic mass is 16.3. The number of carbonyl (C=O) groups excluding carboxylic acids is 1. The maximum atomic E-state index is 13.3. The fourth-order valence-electron chi connectivity index (χ4n) is 3.23. The van der Waals surface area contributed by atoms with E-state index in [1.807, 2.05) is 36.4 Å². The average molecular weight is 381 g/mol. The molecule has 0 fully saturated rings. The summed E-state index contributed by atoms with van der Waals surface area (Å²) in [5, 5.41) is 1.22. The molecule has 6 heteroatoms. The van der Waals surface area contributed by atoms with E-state index in [2.05, 4.69) is 10.4 Å². The van der Waals surface area contributed by atoms with Gasteiger partial charge in [-0.05, 0) is 36.4 Å². The van der Waals surface area contributed by atoms with Crippen LogP contribution in [-0.4, -0.2) is 15.4 Å². The summed E-state index contributed by atoms with van der Waals surface area (Å²) < 4.78 is 6.88. The molecule has 0 radical (unpaired) electrons. The van der Waals surface area contributed by atoms with E-state index >= 15 is 0 Å². The van der Waals surface area contributed by atoms with Crippen LogP contribution in [0.1, 0.15) is 16.4 Å². The number of benzene rings is 3. The first kappa shape index (κ1) is 16.9. The van der Waals surface area contributed by atoms with Crippen LogP contribution in [0.5, 0.6) is 0 Å². The number of hydrogen-bond donors (Lipinski definition) is 1. The van der Waals surface area contributed by atoms with Crippen LogP contribution in [-0.2, 0) is 0 Å². The second-order valence-corrected chi connectivity index (χ2v) is 6.55. The molecule has 1 N–H and O–H groups in total. The summed E-state index contributed by atoms with van der Waals surface area (Å²) in [5.74, 6) is -0.402. The van der Waals surface area contributed by atoms with Crippen molar-refractivity contribution in [2.75, 3.05) is 5.43 Å². The largest absolute Gasteiger partial charge is 0.452 e. The molecule has 0 atom stereocenters. The Morgan fingerprint density at radius 2 is 1.62 bits per heavy atom. The van der Waals surface area contributed by atoms with E-state index in [1.54, 1.807) is 48.5 Å². The van der Waals surface area contributed by atoms with Crippen molar-refractivity contribution in [2.45, 2.75) is 0 Å². The zero-order valence-corrected chi connectivity index (χ0v) is 15.2. The van der Waals surface area contributed by atoms with E-state index < -0.39 is 5.78 Å². The fraction of sp³-hybridized carbons (Fsp3) is 0. The summed E-state index contributed by atoms with van der Waals surface area (Å²) in [5.41, 5.74) is 4.34. The van der Waals surface area contributed by atoms with E-state index in [0.717, 1.165) is 5.39 Å². The Labute approximate surface area is 165 Å². The average Bonchev–Trinajstić information content (AvgIpc) is 3.20. The number of rotatable bonds is 4. The van der Waals surface area contributed by atoms with E-state index in [-0.39, 0.29) is 17.1 Å². The third-order valence-electron chi connectivity index (χ3n) is 4.64. The van der Waals surface area contributed by atoms with Crippen LogP contribution in [0, 0.1) is 0 Å². The third-order valence-corrected chi connectivity index (χ3v) is 4.64. The Morgan fingerprint density at radius 3 is 2.45 bits per heavy atom. The van der Waals surface area contributed by atoms with Crippen molar-refractivity contribution in [2.24, 2.45) is 0 Å². The number of carbonyl (C=O) groups is 1. The van der Waals surface area contributed by atoms with Gasteiger partial charge in [-0.1, -0.05) is 48.5 Å². The maximum absolute atomic E-state index is 13.3. The number of hydrogen-bond acceptors (Lipinski definition) is 5. The lowest BCUT2D eigenvalue weighted by Crippen LogP contribution is -2.33. The molecule has 3 aromatic carbocycles. The van der Waals surface area contributed by atoms with Gasteiger partial charge in [-0.25, -0.2) is 4.98 Å². The van der Waals surface area contributed by atoms with E-state index in [0.29, 0.717) is 22.2 Å². The van der Waals surface area contributed by atoms with Gasteiger partial charge in [-0.2, -0.15) is 4.68 Å². The van der Waals surface area contributed by atoms with Crippen LogP contribution in [0.3, 0.4) is 0 Å². The first-order valence-corrected chi connectivity index (χ1v) is 9.08. The molecule has 0 aliphatic rings. The number of anilines is 1. The molecule has 6 nitrogen and oxygen atoms in total. The van der Waals surface area contributed by atoms with Crippen molar-refractivity contribution >= 4 is 33.3 Å². The zero-order chi connectivity index (χ0) is 19.8. The first-order chi connectivity index (χ1) is 14.2. The van der Waals surface area contributed by atoms with Gasteiger partial charge >= 0.3 is 0 Å². The van der Waals surface area contributed by atoms with Gasteiger partial charge in [0.2, 0.25) is 5.82 Å². The molecule has 0 bridgehead atoms. The molecular formula is C23H15N3O3. The molecule has 0 saturated heterocycles. The Bertz CT molecular complexity index is 1390. The molecule has 0 amide bonds. The molecule has 140 valence electrons. The minimum Gasteiger partial charge on any atom is -0.452 e. The van der Waals surface area contributed by atoms with Gasteiger partial charge in [0, 0.05) is 5.39 Å². The van der Waals surface area contributed by atoms with Crippen molar-refractivity contribution < 1.29 is 9.21 Å². The number of fused-ring (bicyclic) bond motifs is 2. The summed E-state index contributed by atoms with van der Waals surface area (Å²) >= 11 is 0. The minimum absolute atomic E-state index is 0.0448. The lowest BCUT2D eigenvalue weighted by Gasteiger charge is -2.14. The minimum atomic E-state index is -0.479. The number of furan rings is 1. The smallest absolute Gasteiger partial charge is 0.280 e. The molecule has 0 aliphatic heterocycles. The molecular weight excluding hydrogens is 366 g/mol. The monoisotopic (exact) mass is 381 g/mol. The molecule has 5 rings (SSSR count). The van der Waals surface area contributed by atoms with Gasteiger partial charge in [0.25, 0.3) is 11.3 Å². The van der Waals surface area contributed by atoms with Gasteiger partial charge in [-0.15, -0.1) is 0 Å². The van der Waals surface area contributed by atoms with Gasteiger partial charge in [0.15, 0.2) is 5.76 Å². The maximum Gasteiger partial charge on any atom is 0.280 e. The SMILES string of the molecule is O=C(c1cc2ccccc2o1)c1nc2ccccc2c(=O)n1Nc1ccccc1. The Hall–Kier alpha value is -4.19. The molecule has 0 saturated carbocycles. The number of nitrogens with zero attached hydrogens (tertiary/aromatic N) is 2. The van der Waals surface area contributed by atoms with E-state index in [1.165, 1.54) is 4.68 Å². The fourth-order valence-corrected chi connectivity index (χ4v) is 3.23. The Morgan fingerprint density at radius 1 is 0.897 bits per heavy atom. The standard InChI is InChI=1S/C23H15N3O3/c27-21(20-14-15-8-4-7-13-19(15)29-20)22-24-18-12-6-5-11-17(18)23(28)26(22)25-16-9-2-1-3-10-16/h1-14,25H. The van der Waals surface area contributed by atoms with Crippen molar-refractivity contribution in [1.82, 2.24) is 9.66 Å². The van der Waals surface area contributed by atoms with Crippen LogP contribution < -0.4 is 11.0 Å². The van der Waals surface area contributed by atoms with Crippen molar-refractivity contribution in [3.05, 3.63) is 107 Å². The number of aromatic nitrogens is 2. The van der Waals surface area contributed by atoms with Gasteiger partial charge in [0.05, 0.1) is 16.6 Å². The zero-order valence-electron chi connectivity index (χ0n) is 15.2. The predicted octanol–water partition coefficient (Wildman–Crippen LogP) is 4.25. The molecule has 0 unspecified atom stereocenters. The summed E-state index contributed by atoms with van der Waals surface area (Å²) in [4.78, 5) is 30.9. The quantitative estimate of drug-likeness (QED) is 0.471. The van der Waals surface area contributed by atoms with Crippen LogP contribution in [0.15, 0.2) is 94.1 Å². The highest BCUT2D eigenvalue weighted by Crippen LogP contribution is 2.21.